The van der Waals surface area contributed by atoms with Gasteiger partial charge in [-0.2, -0.15) is 0 Å². The lowest BCUT2D eigenvalue weighted by Crippen LogP contribution is -2.70. The molecule has 3 unspecified atom stereocenters. The molecule has 1 aromatic heterocycles. The molecule has 0 saturated carbocycles. The number of hydrogen-bond acceptors (Lipinski definition) is 6. The number of carboxylic acid groups (broad SMARTS) is 1. The molecule has 1 aromatic rings. The number of carbonyl (C=O) groups excluding carboxylic acids is 2. The summed E-state index contributed by atoms with van der Waals surface area (Å²) in [6.07, 6.45) is 1.29. The SMILES string of the molecule is Cc1oncc1C(=O)NC1C(=O)N2C1SC(C)(C)C2C(=O)O. The summed E-state index contributed by atoms with van der Waals surface area (Å²) in [7, 11) is 0. The molecule has 0 aliphatic carbocycles. The van der Waals surface area contributed by atoms with E-state index in [-0.39, 0.29) is 16.8 Å². The second-order valence-electron chi connectivity index (χ2n) is 5.84. The zero-order valence-corrected chi connectivity index (χ0v) is 13.0. The minimum Gasteiger partial charge on any atom is -0.480 e. The smallest absolute Gasteiger partial charge is 0.327 e. The third kappa shape index (κ3) is 1.99. The summed E-state index contributed by atoms with van der Waals surface area (Å²) in [5, 5.41) is 15.1. The summed E-state index contributed by atoms with van der Waals surface area (Å²) < 4.78 is 4.21. The van der Waals surface area contributed by atoms with Crippen molar-refractivity contribution in [3.63, 3.8) is 0 Å². The van der Waals surface area contributed by atoms with E-state index in [4.69, 9.17) is 4.52 Å². The molecule has 0 bridgehead atoms. The van der Waals surface area contributed by atoms with Crippen molar-refractivity contribution >= 4 is 29.5 Å². The molecule has 3 atom stereocenters. The van der Waals surface area contributed by atoms with Gasteiger partial charge in [0, 0.05) is 4.75 Å². The predicted molar refractivity (Wildman–Crippen MR) is 76.2 cm³/mol. The van der Waals surface area contributed by atoms with Crippen LogP contribution in [0.25, 0.3) is 0 Å². The molecule has 2 fully saturated rings. The first-order chi connectivity index (χ1) is 10.2. The Morgan fingerprint density at radius 2 is 2.18 bits per heavy atom. The zero-order valence-electron chi connectivity index (χ0n) is 12.2. The molecule has 0 aromatic carbocycles. The van der Waals surface area contributed by atoms with Crippen LogP contribution in [0.3, 0.4) is 0 Å². The number of nitrogens with zero attached hydrogens (tertiary/aromatic N) is 2. The van der Waals surface area contributed by atoms with Crippen LogP contribution in [0, 0.1) is 6.92 Å². The molecule has 0 spiro atoms. The molecule has 8 nitrogen and oxygen atoms in total. The lowest BCUT2D eigenvalue weighted by atomic mass is 9.96. The number of fused-ring (bicyclic) bond motifs is 1. The summed E-state index contributed by atoms with van der Waals surface area (Å²) in [4.78, 5) is 37.1. The molecule has 9 heteroatoms. The van der Waals surface area contributed by atoms with Gasteiger partial charge in [0.2, 0.25) is 5.91 Å². The number of nitrogens with one attached hydrogen (secondary N) is 1. The Balaban J connectivity index is 1.77. The van der Waals surface area contributed by atoms with Crippen LogP contribution in [-0.2, 0) is 9.59 Å². The zero-order chi connectivity index (χ0) is 16.2. The first-order valence-electron chi connectivity index (χ1n) is 6.69. The predicted octanol–water partition coefficient (Wildman–Crippen LogP) is 0.228. The number of carbonyl (C=O) groups is 3. The molecule has 118 valence electrons. The third-order valence-electron chi connectivity index (χ3n) is 3.96. The van der Waals surface area contributed by atoms with Crippen molar-refractivity contribution in [3.05, 3.63) is 17.5 Å². The quantitative estimate of drug-likeness (QED) is 0.765. The lowest BCUT2D eigenvalue weighted by molar-refractivity contribution is -0.159. The molecule has 2 aliphatic heterocycles. The molecule has 3 rings (SSSR count). The fraction of sp³-hybridized carbons (Fsp3) is 0.538. The van der Waals surface area contributed by atoms with Gasteiger partial charge in [0.15, 0.2) is 0 Å². The van der Waals surface area contributed by atoms with E-state index >= 15 is 0 Å². The summed E-state index contributed by atoms with van der Waals surface area (Å²) >= 11 is 1.38. The number of β-lactam (4-membered cyclic amide) rings is 1. The van der Waals surface area contributed by atoms with Crippen molar-refractivity contribution in [2.24, 2.45) is 0 Å². The van der Waals surface area contributed by atoms with Gasteiger partial charge in [-0.15, -0.1) is 11.8 Å². The van der Waals surface area contributed by atoms with Crippen LogP contribution < -0.4 is 5.32 Å². The van der Waals surface area contributed by atoms with E-state index in [0.717, 1.165) is 0 Å². The van der Waals surface area contributed by atoms with Gasteiger partial charge in [0.05, 0.1) is 6.20 Å². The fourth-order valence-electron chi connectivity index (χ4n) is 2.88. The molecule has 3 heterocycles. The Morgan fingerprint density at radius 1 is 1.50 bits per heavy atom. The molecular formula is C13H15N3O5S. The van der Waals surface area contributed by atoms with E-state index in [9.17, 15) is 19.5 Å². The number of hydrogen-bond donors (Lipinski definition) is 2. The van der Waals surface area contributed by atoms with E-state index in [0.29, 0.717) is 5.76 Å². The monoisotopic (exact) mass is 325 g/mol. The number of aliphatic carboxylic acids is 1. The van der Waals surface area contributed by atoms with E-state index in [1.54, 1.807) is 20.8 Å². The van der Waals surface area contributed by atoms with E-state index in [2.05, 4.69) is 10.5 Å². The first-order valence-corrected chi connectivity index (χ1v) is 7.57. The van der Waals surface area contributed by atoms with E-state index in [1.807, 2.05) is 0 Å². The highest BCUT2D eigenvalue weighted by Gasteiger charge is 2.64. The van der Waals surface area contributed by atoms with Crippen molar-refractivity contribution in [3.8, 4) is 0 Å². The Labute approximate surface area is 130 Å². The fourth-order valence-corrected chi connectivity index (χ4v) is 4.51. The summed E-state index contributed by atoms with van der Waals surface area (Å²) in [5.41, 5.74) is 0.267. The Kier molecular flexibility index (Phi) is 3.20. The molecule has 2 aliphatic rings. The summed E-state index contributed by atoms with van der Waals surface area (Å²) in [6.45, 7) is 5.17. The van der Waals surface area contributed by atoms with Crippen molar-refractivity contribution < 1.29 is 24.0 Å². The highest BCUT2D eigenvalue weighted by molar-refractivity contribution is 8.01. The van der Waals surface area contributed by atoms with Gasteiger partial charge in [-0.25, -0.2) is 4.79 Å². The maximum atomic E-state index is 12.2. The van der Waals surface area contributed by atoms with Crippen molar-refractivity contribution in [1.29, 1.82) is 0 Å². The Bertz CT molecular complexity index is 670. The molecule has 0 radical (unpaired) electrons. The number of rotatable bonds is 3. The van der Waals surface area contributed by atoms with Gasteiger partial charge in [-0.1, -0.05) is 5.16 Å². The van der Waals surface area contributed by atoms with Gasteiger partial charge in [0.25, 0.3) is 5.91 Å². The minimum atomic E-state index is -1.03. The highest BCUT2D eigenvalue weighted by Crippen LogP contribution is 2.50. The van der Waals surface area contributed by atoms with Crippen LogP contribution in [0.15, 0.2) is 10.7 Å². The summed E-state index contributed by atoms with van der Waals surface area (Å²) in [5.74, 6) is -1.50. The Hall–Kier alpha value is -2.03. The van der Waals surface area contributed by atoms with Crippen LogP contribution in [0.1, 0.15) is 30.0 Å². The number of amides is 2. The maximum Gasteiger partial charge on any atom is 0.327 e. The van der Waals surface area contributed by atoms with Crippen LogP contribution in [0.5, 0.6) is 0 Å². The number of aromatic nitrogens is 1. The lowest BCUT2D eigenvalue weighted by Gasteiger charge is -2.43. The van der Waals surface area contributed by atoms with Gasteiger partial charge < -0.3 is 19.8 Å². The standard InChI is InChI=1S/C13H15N3O5S/c1-5-6(4-14-21-5)9(17)15-7-10(18)16-8(12(19)20)13(2,3)22-11(7)16/h4,7-8,11H,1-3H3,(H,15,17)(H,19,20). The van der Waals surface area contributed by atoms with Gasteiger partial charge in [0.1, 0.15) is 28.8 Å². The minimum absolute atomic E-state index is 0.267. The van der Waals surface area contributed by atoms with E-state index < -0.39 is 28.7 Å². The number of aryl methyl sites for hydroxylation is 1. The number of carboxylic acids is 1. The first kappa shape index (κ1) is 14.9. The van der Waals surface area contributed by atoms with Gasteiger partial charge in [-0.3, -0.25) is 9.59 Å². The largest absolute Gasteiger partial charge is 0.480 e. The number of thioether (sulfide) groups is 1. The van der Waals surface area contributed by atoms with E-state index in [1.165, 1.54) is 22.9 Å². The average Bonchev–Trinajstić information content (AvgIpc) is 2.95. The maximum absolute atomic E-state index is 12.2. The van der Waals surface area contributed by atoms with Crippen molar-refractivity contribution in [2.45, 2.75) is 43.0 Å². The molecule has 22 heavy (non-hydrogen) atoms. The Morgan fingerprint density at radius 3 is 2.73 bits per heavy atom. The highest BCUT2D eigenvalue weighted by atomic mass is 32.2. The van der Waals surface area contributed by atoms with Crippen LogP contribution in [-0.4, -0.2) is 55.2 Å². The van der Waals surface area contributed by atoms with Crippen molar-refractivity contribution in [1.82, 2.24) is 15.4 Å². The molecule has 2 N–H and O–H groups in total. The van der Waals surface area contributed by atoms with Crippen LogP contribution in [0.2, 0.25) is 0 Å². The second-order valence-corrected chi connectivity index (χ2v) is 7.62. The van der Waals surface area contributed by atoms with Gasteiger partial charge >= 0.3 is 5.97 Å². The van der Waals surface area contributed by atoms with Gasteiger partial charge in [-0.05, 0) is 20.8 Å². The van der Waals surface area contributed by atoms with Crippen molar-refractivity contribution in [2.75, 3.05) is 0 Å². The summed E-state index contributed by atoms with van der Waals surface area (Å²) in [6, 6.07) is -1.61. The third-order valence-corrected chi connectivity index (χ3v) is 5.53. The molecule has 2 amide bonds. The topological polar surface area (TPSA) is 113 Å². The normalized spacial score (nSPS) is 29.0. The van der Waals surface area contributed by atoms with Crippen LogP contribution >= 0.6 is 11.8 Å². The second kappa shape index (κ2) is 4.73. The average molecular weight is 325 g/mol. The molecule has 2 saturated heterocycles. The molecular weight excluding hydrogens is 310 g/mol. The van der Waals surface area contributed by atoms with Crippen LogP contribution in [0.4, 0.5) is 0 Å².